The van der Waals surface area contributed by atoms with Gasteiger partial charge < -0.3 is 10.3 Å². The van der Waals surface area contributed by atoms with E-state index in [0.29, 0.717) is 33.7 Å². The highest BCUT2D eigenvalue weighted by Crippen LogP contribution is 2.28. The van der Waals surface area contributed by atoms with Crippen molar-refractivity contribution in [2.75, 3.05) is 5.73 Å². The molecule has 0 aliphatic heterocycles. The molecule has 0 spiro atoms. The van der Waals surface area contributed by atoms with Gasteiger partial charge in [-0.05, 0) is 18.2 Å². The van der Waals surface area contributed by atoms with Crippen molar-refractivity contribution < 1.29 is 4.52 Å². The van der Waals surface area contributed by atoms with E-state index >= 15 is 0 Å². The fraction of sp³-hybridized carbons (Fsp3) is 0. The van der Waals surface area contributed by atoms with E-state index in [9.17, 15) is 0 Å². The predicted molar refractivity (Wildman–Crippen MR) is 70.3 cm³/mol. The van der Waals surface area contributed by atoms with Crippen LogP contribution in [0.3, 0.4) is 0 Å². The number of hydrogen-bond donors (Lipinski definition) is 1. The molecule has 2 heterocycles. The molecule has 0 saturated carbocycles. The van der Waals surface area contributed by atoms with Crippen molar-refractivity contribution in [3.63, 3.8) is 0 Å². The monoisotopic (exact) mass is 278 g/mol. The topological polar surface area (TPSA) is 77.8 Å². The van der Waals surface area contributed by atoms with Crippen LogP contribution in [0.25, 0.3) is 23.0 Å². The summed E-state index contributed by atoms with van der Waals surface area (Å²) >= 11 is 7.31. The Morgan fingerprint density at radius 2 is 2.22 bits per heavy atom. The summed E-state index contributed by atoms with van der Waals surface area (Å²) in [6, 6.07) is 5.11. The van der Waals surface area contributed by atoms with Crippen LogP contribution < -0.4 is 5.73 Å². The number of thiazole rings is 1. The number of rotatable bonds is 2. The van der Waals surface area contributed by atoms with Gasteiger partial charge in [-0.1, -0.05) is 16.8 Å². The van der Waals surface area contributed by atoms with Crippen LogP contribution >= 0.6 is 22.9 Å². The summed E-state index contributed by atoms with van der Waals surface area (Å²) in [7, 11) is 0. The Labute approximate surface area is 111 Å². The van der Waals surface area contributed by atoms with Gasteiger partial charge in [-0.15, -0.1) is 11.3 Å². The number of nitrogen functional groups attached to an aromatic ring is 1. The highest BCUT2D eigenvalue weighted by atomic mass is 35.5. The van der Waals surface area contributed by atoms with Crippen LogP contribution in [-0.2, 0) is 0 Å². The molecule has 90 valence electrons. The van der Waals surface area contributed by atoms with Crippen molar-refractivity contribution in [2.24, 2.45) is 0 Å². The van der Waals surface area contributed by atoms with E-state index in [1.54, 1.807) is 23.7 Å². The first-order chi connectivity index (χ1) is 8.74. The minimum absolute atomic E-state index is 0.354. The van der Waals surface area contributed by atoms with Crippen LogP contribution in [0.4, 0.5) is 5.69 Å². The fourth-order valence-electron chi connectivity index (χ4n) is 1.49. The first kappa shape index (κ1) is 11.2. The number of benzene rings is 1. The molecule has 2 aromatic heterocycles. The molecule has 0 aliphatic rings. The number of aromatic nitrogens is 3. The third-order valence-corrected chi connectivity index (χ3v) is 3.15. The van der Waals surface area contributed by atoms with Gasteiger partial charge in [-0.25, -0.2) is 4.98 Å². The number of hydrogen-bond acceptors (Lipinski definition) is 6. The molecule has 7 heteroatoms. The van der Waals surface area contributed by atoms with Gasteiger partial charge in [0, 0.05) is 16.1 Å². The molecule has 0 radical (unpaired) electrons. The second-order valence-corrected chi connectivity index (χ2v) is 4.68. The second-order valence-electron chi connectivity index (χ2n) is 3.53. The van der Waals surface area contributed by atoms with Gasteiger partial charge >= 0.3 is 0 Å². The van der Waals surface area contributed by atoms with Gasteiger partial charge in [0.25, 0.3) is 5.89 Å². The zero-order chi connectivity index (χ0) is 12.5. The molecule has 2 N–H and O–H groups in total. The smallest absolute Gasteiger partial charge is 0.260 e. The van der Waals surface area contributed by atoms with Crippen LogP contribution in [-0.4, -0.2) is 15.1 Å². The quantitative estimate of drug-likeness (QED) is 0.729. The summed E-state index contributed by atoms with van der Waals surface area (Å²) in [5.41, 5.74) is 9.41. The first-order valence-corrected chi connectivity index (χ1v) is 6.34. The molecule has 0 unspecified atom stereocenters. The maximum absolute atomic E-state index is 5.86. The minimum Gasteiger partial charge on any atom is -0.398 e. The lowest BCUT2D eigenvalue weighted by Gasteiger charge is -1.99. The van der Waals surface area contributed by atoms with E-state index in [4.69, 9.17) is 21.9 Å². The van der Waals surface area contributed by atoms with E-state index in [1.165, 1.54) is 11.3 Å². The molecule has 0 aliphatic carbocycles. The molecular formula is C11H7ClN4OS. The van der Waals surface area contributed by atoms with Gasteiger partial charge in [-0.3, -0.25) is 0 Å². The lowest BCUT2D eigenvalue weighted by Crippen LogP contribution is -1.90. The van der Waals surface area contributed by atoms with Crippen molar-refractivity contribution >= 4 is 28.6 Å². The predicted octanol–water partition coefficient (Wildman–Crippen LogP) is 3.10. The van der Waals surface area contributed by atoms with Gasteiger partial charge in [0.1, 0.15) is 5.69 Å². The SMILES string of the molecule is Nc1cc(Cl)ccc1-c1nc(-c2cscn2)no1. The number of halogens is 1. The largest absolute Gasteiger partial charge is 0.398 e. The highest BCUT2D eigenvalue weighted by molar-refractivity contribution is 7.07. The Kier molecular flexibility index (Phi) is 2.73. The average Bonchev–Trinajstić information content (AvgIpc) is 2.99. The van der Waals surface area contributed by atoms with E-state index in [-0.39, 0.29) is 0 Å². The summed E-state index contributed by atoms with van der Waals surface area (Å²) in [5.74, 6) is 0.799. The number of anilines is 1. The molecule has 0 bridgehead atoms. The molecule has 5 nitrogen and oxygen atoms in total. The number of nitrogens with zero attached hydrogens (tertiary/aromatic N) is 3. The molecule has 0 atom stereocenters. The third kappa shape index (κ3) is 1.96. The normalized spacial score (nSPS) is 10.7. The average molecular weight is 279 g/mol. The number of nitrogens with two attached hydrogens (primary N) is 1. The van der Waals surface area contributed by atoms with E-state index in [1.807, 2.05) is 5.38 Å². The van der Waals surface area contributed by atoms with Crippen LogP contribution in [0.15, 0.2) is 33.6 Å². The Balaban J connectivity index is 2.03. The maximum atomic E-state index is 5.86. The summed E-state index contributed by atoms with van der Waals surface area (Å²) in [5, 5.41) is 6.28. The Hall–Kier alpha value is -1.92. The second kappa shape index (κ2) is 4.40. The first-order valence-electron chi connectivity index (χ1n) is 5.02. The molecule has 0 fully saturated rings. The molecular weight excluding hydrogens is 272 g/mol. The lowest BCUT2D eigenvalue weighted by molar-refractivity contribution is 0.432. The summed E-state index contributed by atoms with van der Waals surface area (Å²) in [6.45, 7) is 0. The summed E-state index contributed by atoms with van der Waals surface area (Å²) < 4.78 is 5.18. The van der Waals surface area contributed by atoms with Crippen molar-refractivity contribution in [3.8, 4) is 23.0 Å². The Morgan fingerprint density at radius 3 is 2.94 bits per heavy atom. The van der Waals surface area contributed by atoms with Gasteiger partial charge in [0.05, 0.1) is 11.1 Å². The maximum Gasteiger partial charge on any atom is 0.260 e. The molecule has 0 amide bonds. The molecule has 0 saturated heterocycles. The minimum atomic E-state index is 0.354. The van der Waals surface area contributed by atoms with E-state index in [2.05, 4.69) is 15.1 Å². The van der Waals surface area contributed by atoms with Crippen LogP contribution in [0.1, 0.15) is 0 Å². The van der Waals surface area contributed by atoms with Crippen molar-refractivity contribution in [2.45, 2.75) is 0 Å². The van der Waals surface area contributed by atoms with Crippen LogP contribution in [0, 0.1) is 0 Å². The fourth-order valence-corrected chi connectivity index (χ4v) is 2.20. The van der Waals surface area contributed by atoms with Crippen LogP contribution in [0.5, 0.6) is 0 Å². The third-order valence-electron chi connectivity index (χ3n) is 2.33. The standard InChI is InChI=1S/C11H7ClN4OS/c12-6-1-2-7(8(13)3-6)11-15-10(16-17-11)9-4-18-5-14-9/h1-5H,13H2. The van der Waals surface area contributed by atoms with E-state index in [0.717, 1.165) is 0 Å². The van der Waals surface area contributed by atoms with Crippen molar-refractivity contribution in [1.82, 2.24) is 15.1 Å². The zero-order valence-electron chi connectivity index (χ0n) is 9.00. The lowest BCUT2D eigenvalue weighted by atomic mass is 10.2. The summed E-state index contributed by atoms with van der Waals surface area (Å²) in [4.78, 5) is 8.37. The van der Waals surface area contributed by atoms with Gasteiger partial charge in [0.2, 0.25) is 5.82 Å². The van der Waals surface area contributed by atoms with Crippen molar-refractivity contribution in [1.29, 1.82) is 0 Å². The van der Waals surface area contributed by atoms with Gasteiger partial charge in [-0.2, -0.15) is 4.98 Å². The summed E-state index contributed by atoms with van der Waals surface area (Å²) in [6.07, 6.45) is 0. The van der Waals surface area contributed by atoms with Crippen LogP contribution in [0.2, 0.25) is 5.02 Å². The zero-order valence-corrected chi connectivity index (χ0v) is 10.6. The Bertz CT molecular complexity index is 680. The molecule has 1 aromatic carbocycles. The highest BCUT2D eigenvalue weighted by Gasteiger charge is 2.14. The van der Waals surface area contributed by atoms with E-state index < -0.39 is 0 Å². The van der Waals surface area contributed by atoms with Gasteiger partial charge in [0.15, 0.2) is 0 Å². The Morgan fingerprint density at radius 1 is 1.33 bits per heavy atom. The molecule has 18 heavy (non-hydrogen) atoms. The molecule has 3 aromatic rings. The molecule has 3 rings (SSSR count). The van der Waals surface area contributed by atoms with Crippen molar-refractivity contribution in [3.05, 3.63) is 34.1 Å².